The maximum atomic E-state index is 12.6. The molecule has 1 aromatic rings. The van der Waals surface area contributed by atoms with Crippen LogP contribution in [0.3, 0.4) is 0 Å². The van der Waals surface area contributed by atoms with E-state index in [1.165, 1.54) is 0 Å². The van der Waals surface area contributed by atoms with Crippen molar-refractivity contribution in [1.82, 2.24) is 9.80 Å². The van der Waals surface area contributed by atoms with E-state index in [0.29, 0.717) is 6.04 Å². The number of benzene rings is 1. The van der Waals surface area contributed by atoms with Gasteiger partial charge >= 0.3 is 0 Å². The molecular formula is C16H20ClN3O2. The van der Waals surface area contributed by atoms with Gasteiger partial charge < -0.3 is 15.0 Å². The van der Waals surface area contributed by atoms with E-state index in [2.05, 4.69) is 10.2 Å². The van der Waals surface area contributed by atoms with Gasteiger partial charge in [-0.25, -0.2) is 0 Å². The predicted octanol–water partition coefficient (Wildman–Crippen LogP) is 1.22. The van der Waals surface area contributed by atoms with Gasteiger partial charge in [0, 0.05) is 49.4 Å². The molecule has 3 heterocycles. The van der Waals surface area contributed by atoms with Crippen LogP contribution in [0, 0.1) is 0 Å². The molecule has 1 aromatic carbocycles. The summed E-state index contributed by atoms with van der Waals surface area (Å²) in [4.78, 5) is 17.0. The lowest BCUT2D eigenvalue weighted by atomic mass is 10.0. The topological polar surface area (TPSA) is 44.8 Å². The summed E-state index contributed by atoms with van der Waals surface area (Å²) >= 11 is 6.02. The molecule has 1 N–H and O–H groups in total. The molecule has 0 radical (unpaired) electrons. The Bertz CT molecular complexity index is 583. The lowest BCUT2D eigenvalue weighted by Crippen LogP contribution is -2.64. The van der Waals surface area contributed by atoms with E-state index >= 15 is 0 Å². The first kappa shape index (κ1) is 14.3. The highest BCUT2D eigenvalue weighted by Crippen LogP contribution is 2.30. The number of hydrogen-bond acceptors (Lipinski definition) is 4. The van der Waals surface area contributed by atoms with Gasteiger partial charge in [0.1, 0.15) is 6.04 Å². The zero-order valence-electron chi connectivity index (χ0n) is 12.4. The molecule has 0 spiro atoms. The number of carbonyl (C=O) groups is 1. The Morgan fingerprint density at radius 1 is 1.27 bits per heavy atom. The van der Waals surface area contributed by atoms with Crippen molar-refractivity contribution < 1.29 is 9.53 Å². The van der Waals surface area contributed by atoms with Crippen molar-refractivity contribution in [3.8, 4) is 0 Å². The molecule has 118 valence electrons. The van der Waals surface area contributed by atoms with E-state index in [1.54, 1.807) is 0 Å². The molecule has 5 nitrogen and oxygen atoms in total. The second-order valence-corrected chi connectivity index (χ2v) is 6.68. The fourth-order valence-corrected chi connectivity index (χ4v) is 3.70. The van der Waals surface area contributed by atoms with Crippen molar-refractivity contribution in [3.05, 3.63) is 28.8 Å². The average molecular weight is 322 g/mol. The first-order valence-electron chi connectivity index (χ1n) is 7.86. The van der Waals surface area contributed by atoms with Crippen molar-refractivity contribution in [2.45, 2.75) is 18.5 Å². The van der Waals surface area contributed by atoms with Crippen LogP contribution in [0.15, 0.2) is 18.2 Å². The van der Waals surface area contributed by atoms with Crippen molar-refractivity contribution >= 4 is 23.2 Å². The Morgan fingerprint density at radius 2 is 2.05 bits per heavy atom. The second kappa shape index (κ2) is 5.72. The molecule has 2 fully saturated rings. The predicted molar refractivity (Wildman–Crippen MR) is 85.3 cm³/mol. The second-order valence-electron chi connectivity index (χ2n) is 6.25. The molecule has 1 atom stereocenters. The molecule has 2 saturated heterocycles. The summed E-state index contributed by atoms with van der Waals surface area (Å²) in [6.07, 6.45) is 0.730. The minimum absolute atomic E-state index is 0.140. The van der Waals surface area contributed by atoms with Crippen LogP contribution in [0.5, 0.6) is 0 Å². The number of rotatable bonds is 2. The van der Waals surface area contributed by atoms with Crippen LogP contribution in [0.1, 0.15) is 5.56 Å². The molecule has 0 aromatic heterocycles. The molecule has 0 bridgehead atoms. The molecular weight excluding hydrogens is 302 g/mol. The third-order valence-electron chi connectivity index (χ3n) is 4.86. The van der Waals surface area contributed by atoms with Crippen LogP contribution >= 0.6 is 11.6 Å². The zero-order valence-corrected chi connectivity index (χ0v) is 13.2. The largest absolute Gasteiger partial charge is 0.379 e. The molecule has 0 aliphatic carbocycles. The van der Waals surface area contributed by atoms with Gasteiger partial charge in [-0.3, -0.25) is 9.69 Å². The summed E-state index contributed by atoms with van der Waals surface area (Å²) in [6.45, 7) is 5.27. The molecule has 6 heteroatoms. The molecule has 3 aliphatic heterocycles. The van der Waals surface area contributed by atoms with Crippen LogP contribution in [0.4, 0.5) is 5.69 Å². The van der Waals surface area contributed by atoms with Gasteiger partial charge in [0.25, 0.3) is 0 Å². The number of carbonyl (C=O) groups excluding carboxylic acids is 1. The van der Waals surface area contributed by atoms with E-state index in [9.17, 15) is 4.79 Å². The number of nitrogens with zero attached hydrogens (tertiary/aromatic N) is 2. The summed E-state index contributed by atoms with van der Waals surface area (Å²) in [7, 11) is 0. The van der Waals surface area contributed by atoms with Gasteiger partial charge in [-0.2, -0.15) is 0 Å². The summed E-state index contributed by atoms with van der Waals surface area (Å²) < 4.78 is 5.38. The van der Waals surface area contributed by atoms with Gasteiger partial charge in [0.05, 0.1) is 13.2 Å². The Labute approximate surface area is 135 Å². The summed E-state index contributed by atoms with van der Waals surface area (Å²) in [5.41, 5.74) is 2.17. The third kappa shape index (κ3) is 2.57. The fourth-order valence-electron chi connectivity index (χ4n) is 3.51. The van der Waals surface area contributed by atoms with E-state index in [0.717, 1.165) is 62.1 Å². The number of likely N-dealkylation sites (tertiary alicyclic amines) is 1. The smallest absolute Gasteiger partial charge is 0.245 e. The van der Waals surface area contributed by atoms with Crippen molar-refractivity contribution in [1.29, 1.82) is 0 Å². The molecule has 1 amide bonds. The molecule has 22 heavy (non-hydrogen) atoms. The monoisotopic (exact) mass is 321 g/mol. The molecule has 0 unspecified atom stereocenters. The standard InChI is InChI=1S/C16H20ClN3O2/c17-12-1-2-14-11(7-12)8-15(18-14)16(21)20-9-13(10-20)19-3-5-22-6-4-19/h1-2,7,13,15,18H,3-6,8-10H2/t15-/m1/s1. The van der Waals surface area contributed by atoms with Crippen molar-refractivity contribution in [2.24, 2.45) is 0 Å². The Morgan fingerprint density at radius 3 is 2.82 bits per heavy atom. The number of ether oxygens (including phenoxy) is 1. The lowest BCUT2D eigenvalue weighted by molar-refractivity contribution is -0.140. The highest BCUT2D eigenvalue weighted by atomic mass is 35.5. The highest BCUT2D eigenvalue weighted by molar-refractivity contribution is 6.30. The first-order chi connectivity index (χ1) is 10.7. The van der Waals surface area contributed by atoms with Gasteiger partial charge in [0.15, 0.2) is 0 Å². The number of hydrogen-bond donors (Lipinski definition) is 1. The van der Waals surface area contributed by atoms with E-state index in [1.807, 2.05) is 23.1 Å². The number of halogens is 1. The van der Waals surface area contributed by atoms with Gasteiger partial charge in [-0.1, -0.05) is 11.6 Å². The maximum Gasteiger partial charge on any atom is 0.245 e. The molecule has 3 aliphatic rings. The minimum atomic E-state index is -0.140. The number of morpholine rings is 1. The van der Waals surface area contributed by atoms with Crippen LogP contribution in [0.2, 0.25) is 5.02 Å². The summed E-state index contributed by atoms with van der Waals surface area (Å²) in [5, 5.41) is 4.05. The van der Waals surface area contributed by atoms with Crippen LogP contribution < -0.4 is 5.32 Å². The first-order valence-corrected chi connectivity index (χ1v) is 8.24. The van der Waals surface area contributed by atoms with Crippen molar-refractivity contribution in [3.63, 3.8) is 0 Å². The fraction of sp³-hybridized carbons (Fsp3) is 0.562. The van der Waals surface area contributed by atoms with E-state index < -0.39 is 0 Å². The number of nitrogens with one attached hydrogen (secondary N) is 1. The minimum Gasteiger partial charge on any atom is -0.379 e. The number of anilines is 1. The van der Waals surface area contributed by atoms with Crippen molar-refractivity contribution in [2.75, 3.05) is 44.7 Å². The van der Waals surface area contributed by atoms with E-state index in [4.69, 9.17) is 16.3 Å². The van der Waals surface area contributed by atoms with Crippen LogP contribution in [0.25, 0.3) is 0 Å². The van der Waals surface area contributed by atoms with E-state index in [-0.39, 0.29) is 11.9 Å². The van der Waals surface area contributed by atoms with Crippen LogP contribution in [-0.2, 0) is 16.0 Å². The average Bonchev–Trinajstić information content (AvgIpc) is 2.89. The Balaban J connectivity index is 1.33. The normalized spacial score (nSPS) is 25.5. The quantitative estimate of drug-likeness (QED) is 0.889. The third-order valence-corrected chi connectivity index (χ3v) is 5.09. The zero-order chi connectivity index (χ0) is 15.1. The summed E-state index contributed by atoms with van der Waals surface area (Å²) in [6, 6.07) is 6.13. The highest BCUT2D eigenvalue weighted by Gasteiger charge is 2.39. The molecule has 4 rings (SSSR count). The Hall–Kier alpha value is -1.30. The SMILES string of the molecule is O=C([C@H]1Cc2cc(Cl)ccc2N1)N1CC(N2CCOCC2)C1. The summed E-state index contributed by atoms with van der Waals surface area (Å²) in [5.74, 6) is 0.205. The van der Waals surface area contributed by atoms with Gasteiger partial charge in [-0.05, 0) is 23.8 Å². The van der Waals surface area contributed by atoms with Gasteiger partial charge in [-0.15, -0.1) is 0 Å². The maximum absolute atomic E-state index is 12.6. The lowest BCUT2D eigenvalue weighted by Gasteiger charge is -2.47. The van der Waals surface area contributed by atoms with Gasteiger partial charge in [0.2, 0.25) is 5.91 Å². The number of fused-ring (bicyclic) bond motifs is 1. The van der Waals surface area contributed by atoms with Crippen LogP contribution in [-0.4, -0.2) is 67.2 Å². The number of amides is 1. The Kier molecular flexibility index (Phi) is 3.72. The molecule has 0 saturated carbocycles.